The molecule has 0 aliphatic carbocycles. The number of hydrogen-bond donors (Lipinski definition) is 1. The van der Waals surface area contributed by atoms with Crippen molar-refractivity contribution in [3.63, 3.8) is 0 Å². The van der Waals surface area contributed by atoms with E-state index in [-0.39, 0.29) is 23.0 Å². The Morgan fingerprint density at radius 1 is 1.10 bits per heavy atom. The molecule has 2 N–H and O–H groups in total. The van der Waals surface area contributed by atoms with Crippen LogP contribution in [-0.2, 0) is 6.54 Å². The third-order valence-corrected chi connectivity index (χ3v) is 2.85. The molecule has 104 valence electrons. The molecule has 2 aromatic carbocycles. The van der Waals surface area contributed by atoms with Crippen LogP contribution in [0.15, 0.2) is 42.5 Å². The Kier molecular flexibility index (Phi) is 3.98. The topological polar surface area (TPSA) is 46.3 Å². The SMILES string of the molecule is CN(Cc1ccc(F)cc1)C(=O)c1cc(N)cc(F)c1. The van der Waals surface area contributed by atoms with Crippen LogP contribution in [0.3, 0.4) is 0 Å². The summed E-state index contributed by atoms with van der Waals surface area (Å²) in [5.41, 5.74) is 6.68. The van der Waals surface area contributed by atoms with Gasteiger partial charge in [-0.2, -0.15) is 0 Å². The van der Waals surface area contributed by atoms with Gasteiger partial charge in [-0.25, -0.2) is 8.78 Å². The van der Waals surface area contributed by atoms with Gasteiger partial charge < -0.3 is 10.6 Å². The quantitative estimate of drug-likeness (QED) is 0.876. The van der Waals surface area contributed by atoms with E-state index < -0.39 is 5.82 Å². The van der Waals surface area contributed by atoms with Gasteiger partial charge in [-0.15, -0.1) is 0 Å². The number of nitrogens with two attached hydrogens (primary N) is 1. The van der Waals surface area contributed by atoms with Gasteiger partial charge in [-0.05, 0) is 35.9 Å². The Bertz CT molecular complexity index is 606. The van der Waals surface area contributed by atoms with Gasteiger partial charge >= 0.3 is 0 Å². The van der Waals surface area contributed by atoms with Crippen LogP contribution >= 0.6 is 0 Å². The third-order valence-electron chi connectivity index (χ3n) is 2.85. The zero-order valence-electron chi connectivity index (χ0n) is 10.9. The Morgan fingerprint density at radius 2 is 1.75 bits per heavy atom. The fourth-order valence-electron chi connectivity index (χ4n) is 1.89. The molecule has 0 atom stereocenters. The minimum Gasteiger partial charge on any atom is -0.399 e. The summed E-state index contributed by atoms with van der Waals surface area (Å²) in [7, 11) is 1.59. The van der Waals surface area contributed by atoms with Crippen LogP contribution in [0.2, 0.25) is 0 Å². The van der Waals surface area contributed by atoms with Crippen molar-refractivity contribution in [3.05, 3.63) is 65.2 Å². The maximum absolute atomic E-state index is 13.2. The molecule has 0 aromatic heterocycles. The minimum atomic E-state index is -0.552. The molecular formula is C15H14F2N2O. The first kappa shape index (κ1) is 14.0. The molecule has 0 heterocycles. The molecule has 2 aromatic rings. The van der Waals surface area contributed by atoms with Gasteiger partial charge in [-0.1, -0.05) is 12.1 Å². The van der Waals surface area contributed by atoms with Crippen LogP contribution in [0.5, 0.6) is 0 Å². The average molecular weight is 276 g/mol. The molecule has 0 aliphatic heterocycles. The van der Waals surface area contributed by atoms with E-state index in [4.69, 9.17) is 5.73 Å². The van der Waals surface area contributed by atoms with Gasteiger partial charge in [0, 0.05) is 24.8 Å². The van der Waals surface area contributed by atoms with Crippen molar-refractivity contribution >= 4 is 11.6 Å². The van der Waals surface area contributed by atoms with Crippen molar-refractivity contribution in [1.29, 1.82) is 0 Å². The number of halogens is 2. The van der Waals surface area contributed by atoms with E-state index in [1.165, 1.54) is 23.1 Å². The third kappa shape index (κ3) is 3.32. The predicted octanol–water partition coefficient (Wildman–Crippen LogP) is 2.82. The molecule has 0 radical (unpaired) electrons. The van der Waals surface area contributed by atoms with Gasteiger partial charge in [0.2, 0.25) is 0 Å². The summed E-state index contributed by atoms with van der Waals surface area (Å²) in [5.74, 6) is -1.23. The minimum absolute atomic E-state index is 0.187. The molecule has 0 saturated heterocycles. The maximum atomic E-state index is 13.2. The second-order valence-corrected chi connectivity index (χ2v) is 4.56. The number of carbonyl (C=O) groups excluding carboxylic acids is 1. The van der Waals surface area contributed by atoms with Crippen LogP contribution in [-0.4, -0.2) is 17.9 Å². The van der Waals surface area contributed by atoms with Gasteiger partial charge in [0.15, 0.2) is 0 Å². The lowest BCUT2D eigenvalue weighted by atomic mass is 10.1. The molecule has 3 nitrogen and oxygen atoms in total. The molecule has 0 unspecified atom stereocenters. The van der Waals surface area contributed by atoms with E-state index in [9.17, 15) is 13.6 Å². The zero-order valence-corrected chi connectivity index (χ0v) is 10.9. The molecule has 0 saturated carbocycles. The van der Waals surface area contributed by atoms with E-state index in [0.717, 1.165) is 17.7 Å². The molecule has 0 spiro atoms. The highest BCUT2D eigenvalue weighted by Gasteiger charge is 2.13. The Morgan fingerprint density at radius 3 is 2.35 bits per heavy atom. The van der Waals surface area contributed by atoms with Crippen LogP contribution in [0.4, 0.5) is 14.5 Å². The normalized spacial score (nSPS) is 10.3. The lowest BCUT2D eigenvalue weighted by molar-refractivity contribution is 0.0784. The van der Waals surface area contributed by atoms with Gasteiger partial charge in [0.25, 0.3) is 5.91 Å². The first-order valence-corrected chi connectivity index (χ1v) is 6.01. The molecular weight excluding hydrogens is 262 g/mol. The van der Waals surface area contributed by atoms with E-state index in [1.54, 1.807) is 19.2 Å². The average Bonchev–Trinajstić information content (AvgIpc) is 2.39. The van der Waals surface area contributed by atoms with E-state index in [0.29, 0.717) is 6.54 Å². The lowest BCUT2D eigenvalue weighted by Gasteiger charge is -2.17. The smallest absolute Gasteiger partial charge is 0.254 e. The Hall–Kier alpha value is -2.43. The standard InChI is InChI=1S/C15H14F2N2O/c1-19(9-10-2-4-12(16)5-3-10)15(20)11-6-13(17)8-14(18)7-11/h2-8H,9,18H2,1H3. The second-order valence-electron chi connectivity index (χ2n) is 4.56. The summed E-state index contributed by atoms with van der Waals surface area (Å²) in [6.45, 7) is 0.301. The maximum Gasteiger partial charge on any atom is 0.254 e. The van der Waals surface area contributed by atoms with Crippen molar-refractivity contribution in [2.75, 3.05) is 12.8 Å². The van der Waals surface area contributed by atoms with Crippen molar-refractivity contribution in [2.24, 2.45) is 0 Å². The summed E-state index contributed by atoms with van der Waals surface area (Å²) in [6.07, 6.45) is 0. The van der Waals surface area contributed by atoms with E-state index >= 15 is 0 Å². The summed E-state index contributed by atoms with van der Waals surface area (Å²) in [6, 6.07) is 9.56. The fraction of sp³-hybridized carbons (Fsp3) is 0.133. The second kappa shape index (κ2) is 5.69. The van der Waals surface area contributed by atoms with E-state index in [1.807, 2.05) is 0 Å². The first-order chi connectivity index (χ1) is 9.45. The molecule has 0 fully saturated rings. The van der Waals surface area contributed by atoms with Gasteiger partial charge in [0.1, 0.15) is 11.6 Å². The number of amides is 1. The van der Waals surface area contributed by atoms with Crippen LogP contribution in [0.1, 0.15) is 15.9 Å². The number of benzene rings is 2. The number of rotatable bonds is 3. The van der Waals surface area contributed by atoms with Crippen molar-refractivity contribution in [3.8, 4) is 0 Å². The molecule has 20 heavy (non-hydrogen) atoms. The molecule has 0 bridgehead atoms. The van der Waals surface area contributed by atoms with Gasteiger partial charge in [-0.3, -0.25) is 4.79 Å². The molecule has 2 rings (SSSR count). The summed E-state index contributed by atoms with van der Waals surface area (Å²) < 4.78 is 26.0. The summed E-state index contributed by atoms with van der Waals surface area (Å²) in [4.78, 5) is 13.6. The number of nitrogen functional groups attached to an aromatic ring is 1. The van der Waals surface area contributed by atoms with E-state index in [2.05, 4.69) is 0 Å². The summed E-state index contributed by atoms with van der Waals surface area (Å²) >= 11 is 0. The fourth-order valence-corrected chi connectivity index (χ4v) is 1.89. The predicted molar refractivity (Wildman–Crippen MR) is 73.0 cm³/mol. The highest BCUT2D eigenvalue weighted by atomic mass is 19.1. The highest BCUT2D eigenvalue weighted by Crippen LogP contribution is 2.14. The number of hydrogen-bond acceptors (Lipinski definition) is 2. The Balaban J connectivity index is 2.14. The van der Waals surface area contributed by atoms with Crippen LogP contribution in [0, 0.1) is 11.6 Å². The summed E-state index contributed by atoms with van der Waals surface area (Å²) in [5, 5.41) is 0. The first-order valence-electron chi connectivity index (χ1n) is 6.01. The molecule has 1 amide bonds. The number of anilines is 1. The van der Waals surface area contributed by atoms with Crippen LogP contribution in [0.25, 0.3) is 0 Å². The monoisotopic (exact) mass is 276 g/mol. The van der Waals surface area contributed by atoms with Crippen molar-refractivity contribution < 1.29 is 13.6 Å². The number of carbonyl (C=O) groups is 1. The number of nitrogens with zero attached hydrogens (tertiary/aromatic N) is 1. The largest absolute Gasteiger partial charge is 0.399 e. The van der Waals surface area contributed by atoms with Crippen LogP contribution < -0.4 is 5.73 Å². The Labute approximate surface area is 115 Å². The zero-order chi connectivity index (χ0) is 14.7. The van der Waals surface area contributed by atoms with Gasteiger partial charge in [0.05, 0.1) is 0 Å². The lowest BCUT2D eigenvalue weighted by Crippen LogP contribution is -2.26. The van der Waals surface area contributed by atoms with Crippen molar-refractivity contribution in [2.45, 2.75) is 6.54 Å². The molecule has 0 aliphatic rings. The van der Waals surface area contributed by atoms with Crippen molar-refractivity contribution in [1.82, 2.24) is 4.90 Å². The molecule has 5 heteroatoms. The highest BCUT2D eigenvalue weighted by molar-refractivity contribution is 5.94.